The van der Waals surface area contributed by atoms with Gasteiger partial charge in [-0.1, -0.05) is 36.8 Å². The largest absolute Gasteiger partial charge is 0.339 e. The van der Waals surface area contributed by atoms with Crippen LogP contribution in [-0.2, 0) is 4.79 Å². The number of carbonyl (C=O) groups is 1. The van der Waals surface area contributed by atoms with E-state index in [2.05, 4.69) is 4.90 Å². The molecule has 2 aliphatic heterocycles. The lowest BCUT2D eigenvalue weighted by atomic mass is 9.99. The van der Waals surface area contributed by atoms with E-state index in [4.69, 9.17) is 5.73 Å². The fourth-order valence-corrected chi connectivity index (χ4v) is 3.74. The monoisotopic (exact) mass is 301 g/mol. The zero-order valence-corrected chi connectivity index (χ0v) is 13.3. The molecule has 1 aromatic carbocycles. The smallest absolute Gasteiger partial charge is 0.244 e. The van der Waals surface area contributed by atoms with Crippen LogP contribution in [0.1, 0.15) is 43.7 Å². The van der Waals surface area contributed by atoms with Crippen LogP contribution >= 0.6 is 0 Å². The van der Waals surface area contributed by atoms with Crippen molar-refractivity contribution in [3.05, 3.63) is 35.9 Å². The molecule has 1 amide bonds. The van der Waals surface area contributed by atoms with Crippen LogP contribution in [0.3, 0.4) is 0 Å². The molecular weight excluding hydrogens is 274 g/mol. The van der Waals surface area contributed by atoms with Crippen molar-refractivity contribution in [1.29, 1.82) is 0 Å². The molecule has 2 fully saturated rings. The highest BCUT2D eigenvalue weighted by Gasteiger charge is 2.30. The maximum absolute atomic E-state index is 12.7. The summed E-state index contributed by atoms with van der Waals surface area (Å²) in [7, 11) is 0. The van der Waals surface area contributed by atoms with E-state index in [-0.39, 0.29) is 5.91 Å². The fourth-order valence-electron chi connectivity index (χ4n) is 3.74. The van der Waals surface area contributed by atoms with Crippen molar-refractivity contribution in [1.82, 2.24) is 9.80 Å². The van der Waals surface area contributed by atoms with E-state index in [9.17, 15) is 4.79 Å². The summed E-state index contributed by atoms with van der Waals surface area (Å²) in [6.07, 6.45) is 6.26. The Labute approximate surface area is 133 Å². The van der Waals surface area contributed by atoms with E-state index in [1.54, 1.807) is 0 Å². The van der Waals surface area contributed by atoms with Crippen molar-refractivity contribution in [2.75, 3.05) is 26.2 Å². The van der Waals surface area contributed by atoms with Gasteiger partial charge in [-0.25, -0.2) is 0 Å². The Morgan fingerprint density at radius 2 is 1.77 bits per heavy atom. The molecule has 2 atom stereocenters. The molecule has 0 spiro atoms. The number of rotatable bonds is 3. The molecule has 22 heavy (non-hydrogen) atoms. The number of hydrogen-bond donors (Lipinski definition) is 1. The molecule has 0 radical (unpaired) electrons. The lowest BCUT2D eigenvalue weighted by Crippen LogP contribution is -2.52. The van der Waals surface area contributed by atoms with E-state index < -0.39 is 6.04 Å². The predicted molar refractivity (Wildman–Crippen MR) is 88.4 cm³/mol. The molecule has 4 heteroatoms. The normalized spacial score (nSPS) is 25.0. The molecule has 0 aliphatic carbocycles. The summed E-state index contributed by atoms with van der Waals surface area (Å²) in [6, 6.07) is 9.71. The maximum Gasteiger partial charge on any atom is 0.244 e. The zero-order valence-electron chi connectivity index (χ0n) is 13.3. The molecule has 1 aromatic rings. The van der Waals surface area contributed by atoms with Gasteiger partial charge in [0.1, 0.15) is 6.04 Å². The summed E-state index contributed by atoms with van der Waals surface area (Å²) in [4.78, 5) is 17.3. The summed E-state index contributed by atoms with van der Waals surface area (Å²) in [5.74, 6) is 0.0768. The Morgan fingerprint density at radius 1 is 1.05 bits per heavy atom. The Bertz CT molecular complexity index is 484. The van der Waals surface area contributed by atoms with Gasteiger partial charge in [-0.15, -0.1) is 0 Å². The third-order valence-corrected chi connectivity index (χ3v) is 5.04. The van der Waals surface area contributed by atoms with Gasteiger partial charge in [0.15, 0.2) is 0 Å². The average Bonchev–Trinajstić information content (AvgIpc) is 2.62. The summed E-state index contributed by atoms with van der Waals surface area (Å²) >= 11 is 0. The van der Waals surface area contributed by atoms with Crippen molar-refractivity contribution in [3.63, 3.8) is 0 Å². The summed E-state index contributed by atoms with van der Waals surface area (Å²) in [6.45, 7) is 4.08. The van der Waals surface area contributed by atoms with Crippen LogP contribution in [0.25, 0.3) is 0 Å². The number of nitrogens with zero attached hydrogens (tertiary/aromatic N) is 2. The van der Waals surface area contributed by atoms with Gasteiger partial charge in [0, 0.05) is 19.1 Å². The second kappa shape index (κ2) is 7.25. The topological polar surface area (TPSA) is 49.6 Å². The van der Waals surface area contributed by atoms with Crippen molar-refractivity contribution < 1.29 is 4.79 Å². The quantitative estimate of drug-likeness (QED) is 0.931. The molecule has 0 unspecified atom stereocenters. The van der Waals surface area contributed by atoms with Crippen LogP contribution in [0.5, 0.6) is 0 Å². The first kappa shape index (κ1) is 15.5. The maximum atomic E-state index is 12.7. The molecule has 2 heterocycles. The minimum absolute atomic E-state index is 0.0768. The number of benzene rings is 1. The number of nitrogens with two attached hydrogens (primary N) is 1. The van der Waals surface area contributed by atoms with Crippen molar-refractivity contribution in [2.24, 2.45) is 5.73 Å². The lowest BCUT2D eigenvalue weighted by Gasteiger charge is -2.41. The minimum Gasteiger partial charge on any atom is -0.339 e. The van der Waals surface area contributed by atoms with Crippen LogP contribution in [0, 0.1) is 0 Å². The SMILES string of the molecule is N[C@@H](C(=O)N1CCC[C@@H](N2CCCCC2)C1)c1ccccc1. The zero-order chi connectivity index (χ0) is 15.4. The van der Waals surface area contributed by atoms with E-state index in [0.29, 0.717) is 6.04 Å². The average molecular weight is 301 g/mol. The van der Waals surface area contributed by atoms with Crippen molar-refractivity contribution >= 4 is 5.91 Å². The van der Waals surface area contributed by atoms with E-state index >= 15 is 0 Å². The lowest BCUT2D eigenvalue weighted by molar-refractivity contribution is -0.135. The highest BCUT2D eigenvalue weighted by molar-refractivity contribution is 5.83. The van der Waals surface area contributed by atoms with Gasteiger partial charge in [-0.2, -0.15) is 0 Å². The molecule has 2 saturated heterocycles. The first-order valence-corrected chi connectivity index (χ1v) is 8.59. The molecule has 2 N–H and O–H groups in total. The highest BCUT2D eigenvalue weighted by Crippen LogP contribution is 2.22. The number of carbonyl (C=O) groups excluding carboxylic acids is 1. The van der Waals surface area contributed by atoms with Gasteiger partial charge in [-0.3, -0.25) is 9.69 Å². The number of likely N-dealkylation sites (tertiary alicyclic amines) is 2. The third-order valence-electron chi connectivity index (χ3n) is 5.04. The Balaban J connectivity index is 1.62. The predicted octanol–water partition coefficient (Wildman–Crippen LogP) is 2.16. The Morgan fingerprint density at radius 3 is 2.50 bits per heavy atom. The molecule has 3 rings (SSSR count). The standard InChI is InChI=1S/C18H27N3O/c19-17(15-8-3-1-4-9-15)18(22)21-13-7-10-16(14-21)20-11-5-2-6-12-20/h1,3-4,8-9,16-17H,2,5-7,10-14,19H2/t16-,17-/m1/s1. The number of piperidine rings is 2. The second-order valence-corrected chi connectivity index (χ2v) is 6.57. The van der Waals surface area contributed by atoms with Gasteiger partial charge >= 0.3 is 0 Å². The summed E-state index contributed by atoms with van der Waals surface area (Å²) in [5, 5.41) is 0. The molecule has 2 aliphatic rings. The molecule has 0 aromatic heterocycles. The third kappa shape index (κ3) is 3.50. The first-order chi connectivity index (χ1) is 10.8. The minimum atomic E-state index is -0.527. The highest BCUT2D eigenvalue weighted by atomic mass is 16.2. The van der Waals surface area contributed by atoms with Gasteiger partial charge in [-0.05, 0) is 44.3 Å². The second-order valence-electron chi connectivity index (χ2n) is 6.57. The van der Waals surface area contributed by atoms with Crippen molar-refractivity contribution in [2.45, 2.75) is 44.2 Å². The number of amides is 1. The van der Waals surface area contributed by atoms with Crippen LogP contribution in [0.15, 0.2) is 30.3 Å². The molecular formula is C18H27N3O. The van der Waals surface area contributed by atoms with Gasteiger partial charge < -0.3 is 10.6 Å². The molecule has 0 bridgehead atoms. The van der Waals surface area contributed by atoms with E-state index in [1.165, 1.54) is 38.8 Å². The Hall–Kier alpha value is -1.39. The molecule has 120 valence electrons. The van der Waals surface area contributed by atoms with Gasteiger partial charge in [0.25, 0.3) is 0 Å². The summed E-state index contributed by atoms with van der Waals surface area (Å²) < 4.78 is 0. The molecule has 4 nitrogen and oxygen atoms in total. The fraction of sp³-hybridized carbons (Fsp3) is 0.611. The van der Waals surface area contributed by atoms with Gasteiger partial charge in [0.2, 0.25) is 5.91 Å². The van der Waals surface area contributed by atoms with E-state index in [1.807, 2.05) is 35.2 Å². The van der Waals surface area contributed by atoms with Crippen molar-refractivity contribution in [3.8, 4) is 0 Å². The van der Waals surface area contributed by atoms with Crippen LogP contribution in [0.2, 0.25) is 0 Å². The summed E-state index contributed by atoms with van der Waals surface area (Å²) in [5.41, 5.74) is 7.10. The molecule has 0 saturated carbocycles. The van der Waals surface area contributed by atoms with Crippen LogP contribution in [0.4, 0.5) is 0 Å². The van der Waals surface area contributed by atoms with Gasteiger partial charge in [0.05, 0.1) is 0 Å². The van der Waals surface area contributed by atoms with Crippen LogP contribution < -0.4 is 5.73 Å². The number of hydrogen-bond acceptors (Lipinski definition) is 3. The Kier molecular flexibility index (Phi) is 5.11. The van der Waals surface area contributed by atoms with Crippen LogP contribution in [-0.4, -0.2) is 47.9 Å². The first-order valence-electron chi connectivity index (χ1n) is 8.59. The van der Waals surface area contributed by atoms with E-state index in [0.717, 1.165) is 25.1 Å².